The quantitative estimate of drug-likeness (QED) is 0.794. The minimum absolute atomic E-state index is 0.0532. The number of hydrogen-bond acceptors (Lipinski definition) is 5. The fourth-order valence-corrected chi connectivity index (χ4v) is 3.99. The maximum atomic E-state index is 12.3. The van der Waals surface area contributed by atoms with Crippen LogP contribution in [-0.2, 0) is 11.3 Å². The number of nitrogens with zero attached hydrogens (tertiary/aromatic N) is 4. The number of urea groups is 1. The Balaban J connectivity index is 1.48. The molecule has 21 heavy (non-hydrogen) atoms. The molecule has 0 bridgehead atoms. The molecule has 0 spiro atoms. The Kier molecular flexibility index (Phi) is 2.92. The van der Waals surface area contributed by atoms with Gasteiger partial charge < -0.3 is 9.80 Å². The Bertz CT molecular complexity index is 576. The number of fused-ring (bicyclic) bond motifs is 1. The number of anilines is 1. The van der Waals surface area contributed by atoms with Gasteiger partial charge in [-0.2, -0.15) is 0 Å². The van der Waals surface area contributed by atoms with Crippen LogP contribution in [0.4, 0.5) is 9.93 Å². The lowest BCUT2D eigenvalue weighted by atomic mass is 10.2. The van der Waals surface area contributed by atoms with E-state index in [1.54, 1.807) is 16.2 Å². The summed E-state index contributed by atoms with van der Waals surface area (Å²) in [5.41, 5.74) is 0.811. The Labute approximate surface area is 127 Å². The highest BCUT2D eigenvalue weighted by molar-refractivity contribution is 7.13. The average Bonchev–Trinajstić information content (AvgIpc) is 2.96. The molecule has 3 fully saturated rings. The highest BCUT2D eigenvalue weighted by atomic mass is 32.1. The van der Waals surface area contributed by atoms with Gasteiger partial charge in [-0.3, -0.25) is 9.69 Å². The molecule has 1 aromatic heterocycles. The lowest BCUT2D eigenvalue weighted by Crippen LogP contribution is -2.32. The van der Waals surface area contributed by atoms with Crippen LogP contribution >= 0.6 is 11.3 Å². The first-order chi connectivity index (χ1) is 10.1. The molecule has 3 aliphatic rings. The van der Waals surface area contributed by atoms with Gasteiger partial charge in [-0.05, 0) is 25.7 Å². The minimum atomic E-state index is -0.218. The van der Waals surface area contributed by atoms with Crippen LogP contribution in [0.5, 0.6) is 0 Å². The van der Waals surface area contributed by atoms with Crippen LogP contribution in [0.2, 0.25) is 0 Å². The first-order valence-electron chi connectivity index (χ1n) is 7.44. The molecular formula is C14H18N4O2S. The molecule has 1 atom stereocenters. The maximum Gasteiger partial charge on any atom is 0.327 e. The zero-order valence-electron chi connectivity index (χ0n) is 12.0. The van der Waals surface area contributed by atoms with Gasteiger partial charge in [0.2, 0.25) is 0 Å². The number of aromatic nitrogens is 1. The molecule has 3 heterocycles. The molecule has 0 radical (unpaired) electrons. The molecule has 0 aromatic carbocycles. The maximum absolute atomic E-state index is 12.3. The van der Waals surface area contributed by atoms with E-state index in [4.69, 9.17) is 0 Å². The summed E-state index contributed by atoms with van der Waals surface area (Å²) in [6.07, 6.45) is 4.19. The number of hydrogen-bond donors (Lipinski definition) is 0. The fourth-order valence-electron chi connectivity index (χ4n) is 3.14. The van der Waals surface area contributed by atoms with Crippen LogP contribution in [0.25, 0.3) is 0 Å². The van der Waals surface area contributed by atoms with Crippen molar-refractivity contribution >= 4 is 28.4 Å². The highest BCUT2D eigenvalue weighted by Gasteiger charge is 2.47. The van der Waals surface area contributed by atoms with Crippen molar-refractivity contribution in [1.29, 1.82) is 0 Å². The van der Waals surface area contributed by atoms with Gasteiger partial charge in [-0.15, -0.1) is 11.3 Å². The number of thiazole rings is 1. The standard InChI is InChI=1S/C14H18N4O2S/c1-16(10-4-5-10)13-15-9(8-21-13)7-18-12(19)11-3-2-6-17(11)14(18)20/h8,10-11H,2-7H2,1H3/t11-/m0/s1. The van der Waals surface area contributed by atoms with E-state index in [2.05, 4.69) is 16.9 Å². The van der Waals surface area contributed by atoms with E-state index in [1.165, 1.54) is 17.7 Å². The van der Waals surface area contributed by atoms with Crippen LogP contribution in [0.3, 0.4) is 0 Å². The highest BCUT2D eigenvalue weighted by Crippen LogP contribution is 2.33. The largest absolute Gasteiger partial charge is 0.348 e. The van der Waals surface area contributed by atoms with Crippen molar-refractivity contribution in [1.82, 2.24) is 14.8 Å². The molecule has 2 saturated heterocycles. The predicted octanol–water partition coefficient (Wildman–Crippen LogP) is 1.67. The van der Waals surface area contributed by atoms with Gasteiger partial charge >= 0.3 is 6.03 Å². The van der Waals surface area contributed by atoms with Crippen molar-refractivity contribution in [2.24, 2.45) is 0 Å². The van der Waals surface area contributed by atoms with Crippen LogP contribution < -0.4 is 4.90 Å². The third-order valence-electron chi connectivity index (χ3n) is 4.54. The number of imide groups is 1. The number of amides is 3. The van der Waals surface area contributed by atoms with E-state index in [1.807, 2.05) is 5.38 Å². The van der Waals surface area contributed by atoms with Gasteiger partial charge in [0.25, 0.3) is 5.91 Å². The monoisotopic (exact) mass is 306 g/mol. The Morgan fingerprint density at radius 1 is 1.38 bits per heavy atom. The van der Waals surface area contributed by atoms with Crippen LogP contribution in [-0.4, -0.2) is 52.4 Å². The number of carbonyl (C=O) groups excluding carboxylic acids is 2. The minimum Gasteiger partial charge on any atom is -0.348 e. The summed E-state index contributed by atoms with van der Waals surface area (Å²) in [6.45, 7) is 1.01. The summed E-state index contributed by atoms with van der Waals surface area (Å²) in [6, 6.07) is 0.252. The van der Waals surface area contributed by atoms with Crippen molar-refractivity contribution in [2.75, 3.05) is 18.5 Å². The van der Waals surface area contributed by atoms with Crippen molar-refractivity contribution in [3.8, 4) is 0 Å². The van der Waals surface area contributed by atoms with Crippen molar-refractivity contribution in [2.45, 2.75) is 44.3 Å². The summed E-state index contributed by atoms with van der Waals surface area (Å²) in [7, 11) is 2.06. The molecular weight excluding hydrogens is 288 g/mol. The molecule has 6 nitrogen and oxygen atoms in total. The molecule has 3 amide bonds. The second kappa shape index (κ2) is 4.69. The molecule has 112 valence electrons. The zero-order valence-corrected chi connectivity index (χ0v) is 12.8. The third kappa shape index (κ3) is 2.10. The van der Waals surface area contributed by atoms with E-state index in [-0.39, 0.29) is 18.0 Å². The fraction of sp³-hybridized carbons (Fsp3) is 0.643. The molecule has 1 saturated carbocycles. The van der Waals surface area contributed by atoms with Gasteiger partial charge in [0.15, 0.2) is 5.13 Å². The molecule has 1 aliphatic carbocycles. The lowest BCUT2D eigenvalue weighted by Gasteiger charge is -2.15. The summed E-state index contributed by atoms with van der Waals surface area (Å²) >= 11 is 1.59. The smallest absolute Gasteiger partial charge is 0.327 e. The first-order valence-corrected chi connectivity index (χ1v) is 8.32. The molecule has 1 aromatic rings. The molecule has 2 aliphatic heterocycles. The van der Waals surface area contributed by atoms with Gasteiger partial charge in [0.1, 0.15) is 6.04 Å². The van der Waals surface area contributed by atoms with E-state index in [9.17, 15) is 9.59 Å². The molecule has 0 N–H and O–H groups in total. The van der Waals surface area contributed by atoms with Gasteiger partial charge in [-0.25, -0.2) is 9.78 Å². The zero-order chi connectivity index (χ0) is 14.6. The van der Waals surface area contributed by atoms with E-state index < -0.39 is 0 Å². The number of carbonyl (C=O) groups is 2. The second-order valence-electron chi connectivity index (χ2n) is 6.02. The van der Waals surface area contributed by atoms with Crippen LogP contribution in [0.1, 0.15) is 31.4 Å². The SMILES string of the molecule is CN(c1nc(CN2C(=O)[C@@H]3CCCN3C2=O)cs1)C1CC1. The summed E-state index contributed by atoms with van der Waals surface area (Å²) in [5, 5.41) is 2.94. The Hall–Kier alpha value is -1.63. The average molecular weight is 306 g/mol. The molecule has 7 heteroatoms. The Morgan fingerprint density at radius 2 is 2.19 bits per heavy atom. The van der Waals surface area contributed by atoms with E-state index >= 15 is 0 Å². The predicted molar refractivity (Wildman–Crippen MR) is 79.2 cm³/mol. The summed E-state index contributed by atoms with van der Waals surface area (Å²) in [5.74, 6) is -0.0532. The van der Waals surface area contributed by atoms with Crippen molar-refractivity contribution in [3.63, 3.8) is 0 Å². The number of rotatable bonds is 4. The molecule has 4 rings (SSSR count). The van der Waals surface area contributed by atoms with Gasteiger partial charge in [-0.1, -0.05) is 0 Å². The van der Waals surface area contributed by atoms with Crippen molar-refractivity contribution in [3.05, 3.63) is 11.1 Å². The molecule has 0 unspecified atom stereocenters. The van der Waals surface area contributed by atoms with E-state index in [0.29, 0.717) is 19.1 Å². The van der Waals surface area contributed by atoms with E-state index in [0.717, 1.165) is 23.7 Å². The van der Waals surface area contributed by atoms with Crippen LogP contribution in [0.15, 0.2) is 5.38 Å². The summed E-state index contributed by atoms with van der Waals surface area (Å²) < 4.78 is 0. The lowest BCUT2D eigenvalue weighted by molar-refractivity contribution is -0.128. The topological polar surface area (TPSA) is 56.8 Å². The first kappa shape index (κ1) is 13.1. The Morgan fingerprint density at radius 3 is 2.90 bits per heavy atom. The van der Waals surface area contributed by atoms with Gasteiger partial charge in [0, 0.05) is 25.0 Å². The normalized spacial score (nSPS) is 24.9. The van der Waals surface area contributed by atoms with Gasteiger partial charge in [0.05, 0.1) is 12.2 Å². The second-order valence-corrected chi connectivity index (χ2v) is 6.86. The summed E-state index contributed by atoms with van der Waals surface area (Å²) in [4.78, 5) is 34.4. The third-order valence-corrected chi connectivity index (χ3v) is 5.52. The van der Waals surface area contributed by atoms with Crippen LogP contribution in [0, 0.1) is 0 Å². The van der Waals surface area contributed by atoms with Crippen molar-refractivity contribution < 1.29 is 9.59 Å².